The molecule has 1 aliphatic rings. The highest BCUT2D eigenvalue weighted by molar-refractivity contribution is 7.14. The average Bonchev–Trinajstić information content (AvgIpc) is 3.47. The Kier molecular flexibility index (Phi) is 7.65. The molecule has 1 saturated heterocycles. The molecule has 0 unspecified atom stereocenters. The SMILES string of the molecule is CC(=O)N1CCC(NC(=O)c2csc(NC(=O)c3ccc4[nH]c(C(=O)O)c(CCCN)c4c3)n2)CC1. The minimum Gasteiger partial charge on any atom is -0.477 e. The molecular formula is C24H28N6O5S. The third-order valence-corrected chi connectivity index (χ3v) is 7.00. The number of carbonyl (C=O) groups is 4. The smallest absolute Gasteiger partial charge is 0.352 e. The Hall–Kier alpha value is -3.77. The van der Waals surface area contributed by atoms with Gasteiger partial charge in [-0.3, -0.25) is 19.7 Å². The van der Waals surface area contributed by atoms with Crippen molar-refractivity contribution >= 4 is 51.1 Å². The number of aromatic nitrogens is 2. The molecule has 1 fully saturated rings. The Morgan fingerprint density at radius 1 is 1.22 bits per heavy atom. The molecule has 0 radical (unpaired) electrons. The number of carboxylic acids is 1. The molecule has 1 aromatic carbocycles. The van der Waals surface area contributed by atoms with Gasteiger partial charge in [-0.15, -0.1) is 11.3 Å². The topological polar surface area (TPSA) is 171 Å². The van der Waals surface area contributed by atoms with Gasteiger partial charge in [-0.05, 0) is 56.0 Å². The third-order valence-electron chi connectivity index (χ3n) is 6.25. The molecule has 1 aliphatic heterocycles. The monoisotopic (exact) mass is 512 g/mol. The number of thiazole rings is 1. The van der Waals surface area contributed by atoms with Gasteiger partial charge < -0.3 is 26.0 Å². The number of anilines is 1. The van der Waals surface area contributed by atoms with E-state index in [4.69, 9.17) is 5.73 Å². The zero-order chi connectivity index (χ0) is 25.8. The largest absolute Gasteiger partial charge is 0.477 e. The highest BCUT2D eigenvalue weighted by atomic mass is 32.1. The number of carboxylic acid groups (broad SMARTS) is 1. The van der Waals surface area contributed by atoms with Gasteiger partial charge in [0.25, 0.3) is 11.8 Å². The Balaban J connectivity index is 1.42. The number of nitrogens with zero attached hydrogens (tertiary/aromatic N) is 2. The number of amides is 3. The van der Waals surface area contributed by atoms with Crippen LogP contribution in [0.15, 0.2) is 23.6 Å². The van der Waals surface area contributed by atoms with Crippen molar-refractivity contribution in [1.82, 2.24) is 20.2 Å². The van der Waals surface area contributed by atoms with E-state index >= 15 is 0 Å². The second kappa shape index (κ2) is 10.9. The summed E-state index contributed by atoms with van der Waals surface area (Å²) in [6.45, 7) is 3.16. The van der Waals surface area contributed by atoms with Crippen LogP contribution in [0.3, 0.4) is 0 Å². The van der Waals surface area contributed by atoms with Gasteiger partial charge in [0.05, 0.1) is 0 Å². The van der Waals surface area contributed by atoms with Crippen molar-refractivity contribution in [3.05, 3.63) is 46.1 Å². The molecule has 3 heterocycles. The van der Waals surface area contributed by atoms with Gasteiger partial charge in [-0.1, -0.05) is 0 Å². The summed E-state index contributed by atoms with van der Waals surface area (Å²) in [5.41, 5.74) is 7.48. The van der Waals surface area contributed by atoms with Crippen molar-refractivity contribution in [3.8, 4) is 0 Å². The van der Waals surface area contributed by atoms with Crippen LogP contribution in [0.2, 0.25) is 0 Å². The Morgan fingerprint density at radius 2 is 1.97 bits per heavy atom. The van der Waals surface area contributed by atoms with Crippen molar-refractivity contribution in [2.75, 3.05) is 25.0 Å². The molecular weight excluding hydrogens is 484 g/mol. The highest BCUT2D eigenvalue weighted by Crippen LogP contribution is 2.26. The van der Waals surface area contributed by atoms with Gasteiger partial charge in [0.1, 0.15) is 11.4 Å². The van der Waals surface area contributed by atoms with Crippen LogP contribution in [0.25, 0.3) is 10.9 Å². The molecule has 3 aromatic rings. The summed E-state index contributed by atoms with van der Waals surface area (Å²) in [4.78, 5) is 57.5. The lowest BCUT2D eigenvalue weighted by Crippen LogP contribution is -2.46. The first-order valence-electron chi connectivity index (χ1n) is 11.7. The first kappa shape index (κ1) is 25.3. The fourth-order valence-corrected chi connectivity index (χ4v) is 5.00. The van der Waals surface area contributed by atoms with E-state index in [1.165, 1.54) is 6.92 Å². The molecule has 4 rings (SSSR count). The van der Waals surface area contributed by atoms with E-state index in [-0.39, 0.29) is 34.4 Å². The van der Waals surface area contributed by atoms with Crippen LogP contribution in [-0.2, 0) is 11.2 Å². The number of nitrogens with two attached hydrogens (primary N) is 1. The number of aryl methyl sites for hydroxylation is 1. The fraction of sp³-hybridized carbons (Fsp3) is 0.375. The number of aromatic amines is 1. The van der Waals surface area contributed by atoms with Crippen LogP contribution in [-0.4, -0.2) is 69.3 Å². The summed E-state index contributed by atoms with van der Waals surface area (Å²) in [5.74, 6) is -1.78. The number of nitrogens with one attached hydrogen (secondary N) is 3. The third kappa shape index (κ3) is 5.55. The number of carbonyl (C=O) groups excluding carboxylic acids is 3. The molecule has 0 atom stereocenters. The fourth-order valence-electron chi connectivity index (χ4n) is 4.31. The number of hydrogen-bond donors (Lipinski definition) is 5. The standard InChI is InChI=1S/C24H28N6O5S/c1-13(31)30-9-6-15(7-10-30)26-22(33)19-12-36-24(28-19)29-21(32)14-4-5-18-17(11-14)16(3-2-8-25)20(27-18)23(34)35/h4-5,11-12,15,27H,2-3,6-10,25H2,1H3,(H,26,33)(H,34,35)(H,28,29,32). The molecule has 12 heteroatoms. The van der Waals surface area contributed by atoms with Crippen molar-refractivity contribution in [2.45, 2.75) is 38.6 Å². The molecule has 0 spiro atoms. The Labute approximate surface area is 211 Å². The van der Waals surface area contributed by atoms with Crippen molar-refractivity contribution in [2.24, 2.45) is 5.73 Å². The maximum absolute atomic E-state index is 12.9. The summed E-state index contributed by atoms with van der Waals surface area (Å²) in [6.07, 6.45) is 2.44. The van der Waals surface area contributed by atoms with E-state index in [1.807, 2.05) is 0 Å². The van der Waals surface area contributed by atoms with Gasteiger partial charge in [0.15, 0.2) is 5.13 Å². The van der Waals surface area contributed by atoms with E-state index in [9.17, 15) is 24.3 Å². The van der Waals surface area contributed by atoms with Crippen LogP contribution >= 0.6 is 11.3 Å². The van der Waals surface area contributed by atoms with Crippen LogP contribution in [0, 0.1) is 0 Å². The molecule has 11 nitrogen and oxygen atoms in total. The van der Waals surface area contributed by atoms with Crippen LogP contribution < -0.4 is 16.4 Å². The average molecular weight is 513 g/mol. The lowest BCUT2D eigenvalue weighted by molar-refractivity contribution is -0.129. The number of piperidine rings is 1. The van der Waals surface area contributed by atoms with Gasteiger partial charge in [-0.2, -0.15) is 0 Å². The molecule has 0 aliphatic carbocycles. The molecule has 36 heavy (non-hydrogen) atoms. The van der Waals surface area contributed by atoms with Crippen molar-refractivity contribution in [1.29, 1.82) is 0 Å². The lowest BCUT2D eigenvalue weighted by atomic mass is 10.0. The number of hydrogen-bond acceptors (Lipinski definition) is 7. The maximum atomic E-state index is 12.9. The second-order valence-electron chi connectivity index (χ2n) is 8.68. The lowest BCUT2D eigenvalue weighted by Gasteiger charge is -2.31. The summed E-state index contributed by atoms with van der Waals surface area (Å²) < 4.78 is 0. The van der Waals surface area contributed by atoms with Gasteiger partial charge in [-0.25, -0.2) is 9.78 Å². The van der Waals surface area contributed by atoms with Crippen LogP contribution in [0.1, 0.15) is 63.1 Å². The molecule has 190 valence electrons. The van der Waals surface area contributed by atoms with E-state index in [0.717, 1.165) is 11.3 Å². The molecule has 0 bridgehead atoms. The number of benzene rings is 1. The van der Waals surface area contributed by atoms with Gasteiger partial charge >= 0.3 is 5.97 Å². The Morgan fingerprint density at radius 3 is 2.64 bits per heavy atom. The minimum absolute atomic E-state index is 0.0319. The quantitative estimate of drug-likeness (QED) is 0.308. The number of H-pyrrole nitrogens is 1. The Bertz CT molecular complexity index is 1310. The summed E-state index contributed by atoms with van der Waals surface area (Å²) in [6, 6.07) is 4.88. The normalized spacial score (nSPS) is 14.1. The predicted octanol–water partition coefficient (Wildman–Crippen LogP) is 2.21. The van der Waals surface area contributed by atoms with Crippen LogP contribution in [0.4, 0.5) is 5.13 Å². The molecule has 6 N–H and O–H groups in total. The summed E-state index contributed by atoms with van der Waals surface area (Å²) in [5, 5.41) is 17.7. The van der Waals surface area contributed by atoms with E-state index in [2.05, 4.69) is 20.6 Å². The first-order valence-corrected chi connectivity index (χ1v) is 12.6. The summed E-state index contributed by atoms with van der Waals surface area (Å²) in [7, 11) is 0. The van der Waals surface area contributed by atoms with Gasteiger partial charge in [0, 0.05) is 47.9 Å². The number of aromatic carboxylic acids is 1. The molecule has 3 amide bonds. The highest BCUT2D eigenvalue weighted by Gasteiger charge is 2.24. The van der Waals surface area contributed by atoms with E-state index in [0.29, 0.717) is 67.3 Å². The maximum Gasteiger partial charge on any atom is 0.352 e. The van der Waals surface area contributed by atoms with Crippen molar-refractivity contribution < 1.29 is 24.3 Å². The number of likely N-dealkylation sites (tertiary alicyclic amines) is 1. The van der Waals surface area contributed by atoms with Crippen molar-refractivity contribution in [3.63, 3.8) is 0 Å². The predicted molar refractivity (Wildman–Crippen MR) is 135 cm³/mol. The molecule has 2 aromatic heterocycles. The van der Waals surface area contributed by atoms with E-state index in [1.54, 1.807) is 28.5 Å². The molecule has 0 saturated carbocycles. The minimum atomic E-state index is -1.07. The zero-order valence-electron chi connectivity index (χ0n) is 19.8. The van der Waals surface area contributed by atoms with Gasteiger partial charge in [0.2, 0.25) is 5.91 Å². The summed E-state index contributed by atoms with van der Waals surface area (Å²) >= 11 is 1.14. The van der Waals surface area contributed by atoms with E-state index < -0.39 is 11.9 Å². The number of rotatable bonds is 8. The van der Waals surface area contributed by atoms with Crippen LogP contribution in [0.5, 0.6) is 0 Å². The second-order valence-corrected chi connectivity index (χ2v) is 9.54. The first-order chi connectivity index (χ1) is 17.3. The number of fused-ring (bicyclic) bond motifs is 1. The zero-order valence-corrected chi connectivity index (χ0v) is 20.6.